The Labute approximate surface area is 96.4 Å². The summed E-state index contributed by atoms with van der Waals surface area (Å²) >= 11 is 3.35. The normalized spacial score (nSPS) is 15.1. The van der Waals surface area contributed by atoms with E-state index < -0.39 is 9.05 Å². The van der Waals surface area contributed by atoms with Gasteiger partial charge in [0.25, 0.3) is 0 Å². The van der Waals surface area contributed by atoms with Crippen molar-refractivity contribution in [2.24, 2.45) is 0 Å². The van der Waals surface area contributed by atoms with Crippen molar-refractivity contribution in [2.45, 2.75) is 0 Å². The molecule has 1 N–H and O–H groups in total. The minimum Gasteiger partial charge on any atom is -0.748 e. The molecular weight excluding hydrogens is 183 g/mol. The molecule has 0 saturated carbocycles. The Morgan fingerprint density at radius 2 is 1.71 bits per heavy atom. The summed E-state index contributed by atoms with van der Waals surface area (Å²) in [6.45, 7) is 0. The van der Waals surface area contributed by atoms with Crippen LogP contribution in [-0.2, 0) is 20.2 Å². The molecule has 0 bridgehead atoms. The standard InChI is InChI=1S/K.H2O3S2.H2S/c;1-5(2,3)4;/h;(H2,1,2,3,4);1H2/q+1;;/p-1. The van der Waals surface area contributed by atoms with E-state index in [1.807, 2.05) is 0 Å². The molecule has 0 radical (unpaired) electrons. The summed E-state index contributed by atoms with van der Waals surface area (Å²) in [7, 11) is -4.08. The van der Waals surface area contributed by atoms with Crippen molar-refractivity contribution in [3.63, 3.8) is 0 Å². The maximum atomic E-state index is 9.00. The first-order chi connectivity index (χ1) is 2.00. The van der Waals surface area contributed by atoms with Crippen LogP contribution in [0.25, 0.3) is 0 Å². The number of hydrogen-bond donors (Lipinski definition) is 1. The van der Waals surface area contributed by atoms with Gasteiger partial charge in [-0.3, -0.25) is 0 Å². The van der Waals surface area contributed by atoms with Crippen LogP contribution in [-0.4, -0.2) is 13.3 Å². The summed E-state index contributed by atoms with van der Waals surface area (Å²) < 4.78 is 25.3. The minimum absolute atomic E-state index is 0. The van der Waals surface area contributed by atoms with Crippen LogP contribution in [0.2, 0.25) is 0 Å². The van der Waals surface area contributed by atoms with Crippen molar-refractivity contribution < 1.29 is 64.7 Å². The maximum Gasteiger partial charge on any atom is 1.00 e. The second-order valence-electron chi connectivity index (χ2n) is 0.428. The first-order valence-electron chi connectivity index (χ1n) is 0.683. The summed E-state index contributed by atoms with van der Waals surface area (Å²) in [5.74, 6) is 0. The van der Waals surface area contributed by atoms with Gasteiger partial charge in [0.2, 0.25) is 0 Å². The number of hydrogen-bond acceptors (Lipinski definition) is 3. The van der Waals surface area contributed by atoms with Gasteiger partial charge in [-0.2, -0.15) is 13.5 Å². The zero-order valence-corrected chi connectivity index (χ0v) is 9.34. The Kier molecular flexibility index (Phi) is 14.7. The van der Waals surface area contributed by atoms with E-state index in [-0.39, 0.29) is 64.9 Å². The van der Waals surface area contributed by atoms with Gasteiger partial charge in [-0.1, -0.05) is 0 Å². The molecule has 0 aromatic heterocycles. The second kappa shape index (κ2) is 6.40. The van der Waals surface area contributed by atoms with Crippen molar-refractivity contribution in [1.29, 1.82) is 0 Å². The minimum atomic E-state index is -4.08. The van der Waals surface area contributed by atoms with Gasteiger partial charge in [-0.05, 0) is 11.2 Å². The van der Waals surface area contributed by atoms with Crippen LogP contribution in [0.3, 0.4) is 0 Å². The average molecular weight is 186 g/mol. The third-order valence-corrected chi connectivity index (χ3v) is 0. The van der Waals surface area contributed by atoms with Gasteiger partial charge in [0.05, 0.1) is 9.05 Å². The van der Waals surface area contributed by atoms with E-state index >= 15 is 0 Å². The molecule has 40 valence electrons. The quantitative estimate of drug-likeness (QED) is 0.398. The third kappa shape index (κ3) is 62.9. The Morgan fingerprint density at radius 3 is 1.71 bits per heavy atom. The van der Waals surface area contributed by atoms with Gasteiger partial charge in [0.1, 0.15) is 0 Å². The monoisotopic (exact) mass is 186 g/mol. The molecule has 0 amide bonds. The molecule has 0 aliphatic rings. The molecule has 1 unspecified atom stereocenters. The van der Waals surface area contributed by atoms with Crippen molar-refractivity contribution in [1.82, 2.24) is 0 Å². The van der Waals surface area contributed by atoms with Crippen molar-refractivity contribution in [2.75, 3.05) is 0 Å². The molecule has 0 aromatic rings. The summed E-state index contributed by atoms with van der Waals surface area (Å²) in [6.07, 6.45) is 0. The molecule has 7 heavy (non-hydrogen) atoms. The van der Waals surface area contributed by atoms with E-state index in [2.05, 4.69) is 11.2 Å². The van der Waals surface area contributed by atoms with E-state index in [0.29, 0.717) is 0 Å². The Balaban J connectivity index is -0.0000000800. The van der Waals surface area contributed by atoms with Crippen LogP contribution in [0.4, 0.5) is 0 Å². The van der Waals surface area contributed by atoms with E-state index in [0.717, 1.165) is 0 Å². The molecule has 0 aliphatic heterocycles. The summed E-state index contributed by atoms with van der Waals surface area (Å²) in [5, 5.41) is 0. The van der Waals surface area contributed by atoms with Crippen LogP contribution >= 0.6 is 13.5 Å². The van der Waals surface area contributed by atoms with E-state index in [4.69, 9.17) is 13.3 Å². The largest absolute Gasteiger partial charge is 1.00 e. The molecule has 0 heterocycles. The molecule has 0 spiro atoms. The topological polar surface area (TPSA) is 60.4 Å². The smallest absolute Gasteiger partial charge is 0.748 e. The molecule has 0 rings (SSSR count). The average Bonchev–Trinajstić information content (AvgIpc) is 0.722. The van der Waals surface area contributed by atoms with Crippen LogP contribution in [0.5, 0.6) is 0 Å². The van der Waals surface area contributed by atoms with E-state index in [9.17, 15) is 0 Å². The first-order valence-corrected chi connectivity index (χ1v) is 3.05. The molecule has 0 aliphatic carbocycles. The van der Waals surface area contributed by atoms with Gasteiger partial charge in [0.15, 0.2) is 0 Å². The van der Waals surface area contributed by atoms with Gasteiger partial charge >= 0.3 is 51.4 Å². The predicted octanol–water partition coefficient (Wildman–Crippen LogP) is -3.55. The Morgan fingerprint density at radius 1 is 1.71 bits per heavy atom. The van der Waals surface area contributed by atoms with Crippen LogP contribution in [0.15, 0.2) is 0 Å². The molecule has 0 aromatic carbocycles. The molecule has 1 atom stereocenters. The van der Waals surface area contributed by atoms with Crippen LogP contribution < -0.4 is 51.4 Å². The summed E-state index contributed by atoms with van der Waals surface area (Å²) in [4.78, 5) is 0. The van der Waals surface area contributed by atoms with Gasteiger partial charge in [-0.15, -0.1) is 0 Å². The summed E-state index contributed by atoms with van der Waals surface area (Å²) in [5.41, 5.74) is 0. The molecule has 0 saturated heterocycles. The number of rotatable bonds is 0. The first kappa shape index (κ1) is 16.1. The fourth-order valence-corrected chi connectivity index (χ4v) is 0. The SMILES string of the molecule is O=S([O-])(O)=S.S.[K+]. The predicted molar refractivity (Wildman–Crippen MR) is 29.3 cm³/mol. The van der Waals surface area contributed by atoms with Crippen LogP contribution in [0, 0.1) is 0 Å². The summed E-state index contributed by atoms with van der Waals surface area (Å²) in [6, 6.07) is 0. The molecule has 3 nitrogen and oxygen atoms in total. The van der Waals surface area contributed by atoms with Gasteiger partial charge in [-0.25, -0.2) is 4.21 Å². The maximum absolute atomic E-state index is 9.00. The van der Waals surface area contributed by atoms with E-state index in [1.54, 1.807) is 0 Å². The van der Waals surface area contributed by atoms with Gasteiger partial charge in [0, 0.05) is 0 Å². The van der Waals surface area contributed by atoms with Crippen molar-refractivity contribution in [3.05, 3.63) is 0 Å². The Bertz CT molecular complexity index is 93.3. The van der Waals surface area contributed by atoms with Crippen LogP contribution in [0.1, 0.15) is 0 Å². The zero-order chi connectivity index (χ0) is 4.50. The van der Waals surface area contributed by atoms with Crippen molar-refractivity contribution >= 4 is 33.7 Å². The van der Waals surface area contributed by atoms with Crippen molar-refractivity contribution in [3.8, 4) is 0 Å². The second-order valence-corrected chi connectivity index (χ2v) is 2.55. The third-order valence-electron chi connectivity index (χ3n) is 0. The molecule has 0 fully saturated rings. The Hall–Kier alpha value is 2.28. The fraction of sp³-hybridized carbons (Fsp3) is 0. The molecular formula is H3KO3S3. The molecule has 7 heteroatoms. The fourth-order valence-electron chi connectivity index (χ4n) is 0. The van der Waals surface area contributed by atoms with E-state index in [1.165, 1.54) is 0 Å². The zero-order valence-electron chi connectivity index (χ0n) is 3.58. The van der Waals surface area contributed by atoms with Gasteiger partial charge < -0.3 is 9.11 Å².